The van der Waals surface area contributed by atoms with Crippen molar-refractivity contribution in [3.63, 3.8) is 0 Å². The molecular formula is C15H23N3O2. The molecule has 0 bridgehead atoms. The highest BCUT2D eigenvalue weighted by Gasteiger charge is 2.31. The van der Waals surface area contributed by atoms with E-state index in [4.69, 9.17) is 0 Å². The minimum absolute atomic E-state index is 0.278. The molecule has 3 N–H and O–H groups in total. The Hall–Kier alpha value is -1.75. The Labute approximate surface area is 120 Å². The molecule has 110 valence electrons. The van der Waals surface area contributed by atoms with Crippen molar-refractivity contribution < 1.29 is 9.90 Å². The van der Waals surface area contributed by atoms with Gasteiger partial charge in [-0.3, -0.25) is 0 Å². The van der Waals surface area contributed by atoms with Crippen molar-refractivity contribution in [3.05, 3.63) is 24.3 Å². The number of carbonyl (C=O) groups excluding carboxylic acids is 1. The summed E-state index contributed by atoms with van der Waals surface area (Å²) in [6, 6.07) is 7.34. The third-order valence-electron chi connectivity index (χ3n) is 3.75. The number of urea groups is 1. The average molecular weight is 277 g/mol. The van der Waals surface area contributed by atoms with Gasteiger partial charge in [0.15, 0.2) is 0 Å². The van der Waals surface area contributed by atoms with Crippen LogP contribution in [-0.2, 0) is 0 Å². The van der Waals surface area contributed by atoms with Gasteiger partial charge in [-0.1, -0.05) is 25.0 Å². The molecule has 0 heterocycles. The molecule has 0 aromatic heterocycles. The number of aliphatic hydroxyl groups is 1. The number of carbonyl (C=O) groups is 1. The Bertz CT molecular complexity index is 468. The fraction of sp³-hybridized carbons (Fsp3) is 0.533. The summed E-state index contributed by atoms with van der Waals surface area (Å²) in [4.78, 5) is 13.9. The van der Waals surface area contributed by atoms with Gasteiger partial charge in [0, 0.05) is 20.6 Å². The topological polar surface area (TPSA) is 64.6 Å². The summed E-state index contributed by atoms with van der Waals surface area (Å²) >= 11 is 0. The molecule has 0 saturated heterocycles. The van der Waals surface area contributed by atoms with Crippen LogP contribution in [0.3, 0.4) is 0 Å². The monoisotopic (exact) mass is 277 g/mol. The van der Waals surface area contributed by atoms with E-state index in [1.165, 1.54) is 0 Å². The normalized spacial score (nSPS) is 16.8. The van der Waals surface area contributed by atoms with Crippen LogP contribution in [0.2, 0.25) is 0 Å². The van der Waals surface area contributed by atoms with Gasteiger partial charge in [-0.25, -0.2) is 4.79 Å². The van der Waals surface area contributed by atoms with E-state index in [9.17, 15) is 9.90 Å². The van der Waals surface area contributed by atoms with E-state index in [0.717, 1.165) is 37.1 Å². The molecule has 0 atom stereocenters. The van der Waals surface area contributed by atoms with E-state index in [1.54, 1.807) is 0 Å². The molecular weight excluding hydrogens is 254 g/mol. The third-order valence-corrected chi connectivity index (χ3v) is 3.75. The van der Waals surface area contributed by atoms with Gasteiger partial charge in [-0.15, -0.1) is 0 Å². The van der Waals surface area contributed by atoms with E-state index < -0.39 is 5.60 Å². The number of hydrogen-bond donors (Lipinski definition) is 3. The van der Waals surface area contributed by atoms with Crippen LogP contribution < -0.4 is 15.5 Å². The maximum Gasteiger partial charge on any atom is 0.319 e. The Morgan fingerprint density at radius 3 is 2.60 bits per heavy atom. The van der Waals surface area contributed by atoms with Crippen molar-refractivity contribution in [2.75, 3.05) is 30.9 Å². The second kappa shape index (κ2) is 6.13. The van der Waals surface area contributed by atoms with Gasteiger partial charge in [-0.2, -0.15) is 0 Å². The Morgan fingerprint density at radius 2 is 1.95 bits per heavy atom. The van der Waals surface area contributed by atoms with Crippen LogP contribution in [0.1, 0.15) is 25.7 Å². The van der Waals surface area contributed by atoms with Crippen molar-refractivity contribution in [2.45, 2.75) is 31.3 Å². The second-order valence-corrected chi connectivity index (χ2v) is 5.65. The molecule has 1 saturated carbocycles. The van der Waals surface area contributed by atoms with Crippen LogP contribution in [0, 0.1) is 0 Å². The van der Waals surface area contributed by atoms with Crippen LogP contribution in [-0.4, -0.2) is 37.4 Å². The second-order valence-electron chi connectivity index (χ2n) is 5.65. The smallest absolute Gasteiger partial charge is 0.319 e. The lowest BCUT2D eigenvalue weighted by Crippen LogP contribution is -2.42. The highest BCUT2D eigenvalue weighted by Crippen LogP contribution is 2.28. The molecule has 0 aliphatic heterocycles. The largest absolute Gasteiger partial charge is 0.388 e. The zero-order valence-electron chi connectivity index (χ0n) is 12.1. The first-order chi connectivity index (χ1) is 9.50. The number of rotatable bonds is 4. The first-order valence-electron chi connectivity index (χ1n) is 7.04. The average Bonchev–Trinajstić information content (AvgIpc) is 2.84. The summed E-state index contributed by atoms with van der Waals surface area (Å²) in [5.41, 5.74) is 0.980. The van der Waals surface area contributed by atoms with Gasteiger partial charge < -0.3 is 20.6 Å². The summed E-state index contributed by atoms with van der Waals surface area (Å²) in [7, 11) is 3.86. The van der Waals surface area contributed by atoms with Crippen LogP contribution in [0.4, 0.5) is 16.2 Å². The fourth-order valence-electron chi connectivity index (χ4n) is 2.59. The summed E-state index contributed by atoms with van der Waals surface area (Å²) in [6.07, 6.45) is 3.59. The molecule has 5 heteroatoms. The third kappa shape index (κ3) is 3.63. The molecule has 0 radical (unpaired) electrons. The van der Waals surface area contributed by atoms with Gasteiger partial charge in [0.25, 0.3) is 0 Å². The number of hydrogen-bond acceptors (Lipinski definition) is 3. The first kappa shape index (κ1) is 14.7. The molecule has 2 amide bonds. The van der Waals surface area contributed by atoms with Gasteiger partial charge in [0.05, 0.1) is 17.0 Å². The molecule has 0 unspecified atom stereocenters. The summed E-state index contributed by atoms with van der Waals surface area (Å²) in [5.74, 6) is 0. The zero-order chi connectivity index (χ0) is 14.6. The molecule has 20 heavy (non-hydrogen) atoms. The maximum absolute atomic E-state index is 11.9. The number of nitrogens with zero attached hydrogens (tertiary/aromatic N) is 1. The standard InChI is InChI=1S/C15H23N3O2/c1-18(2)13-8-4-3-7-12(13)17-14(19)16-11-15(20)9-5-6-10-15/h3-4,7-8,20H,5-6,9-11H2,1-2H3,(H2,16,17,19). The first-order valence-corrected chi connectivity index (χ1v) is 7.04. The molecule has 1 aliphatic rings. The van der Waals surface area contributed by atoms with Crippen LogP contribution >= 0.6 is 0 Å². The van der Waals surface area contributed by atoms with Crippen molar-refractivity contribution in [3.8, 4) is 0 Å². The van der Waals surface area contributed by atoms with Crippen LogP contribution in [0.25, 0.3) is 0 Å². The zero-order valence-corrected chi connectivity index (χ0v) is 12.1. The lowest BCUT2D eigenvalue weighted by molar-refractivity contribution is 0.0506. The molecule has 1 aromatic rings. The molecule has 1 aliphatic carbocycles. The van der Waals surface area contributed by atoms with Crippen molar-refractivity contribution in [1.82, 2.24) is 5.32 Å². The fourth-order valence-corrected chi connectivity index (χ4v) is 2.59. The van der Waals surface area contributed by atoms with Crippen molar-refractivity contribution in [1.29, 1.82) is 0 Å². The Kier molecular flexibility index (Phi) is 4.49. The van der Waals surface area contributed by atoms with E-state index >= 15 is 0 Å². The van der Waals surface area contributed by atoms with Gasteiger partial charge in [-0.05, 0) is 25.0 Å². The van der Waals surface area contributed by atoms with Crippen molar-refractivity contribution >= 4 is 17.4 Å². The molecule has 5 nitrogen and oxygen atoms in total. The molecule has 1 fully saturated rings. The quantitative estimate of drug-likeness (QED) is 0.790. The summed E-state index contributed by atoms with van der Waals surface area (Å²) < 4.78 is 0. The lowest BCUT2D eigenvalue weighted by Gasteiger charge is -2.23. The minimum atomic E-state index is -0.724. The SMILES string of the molecule is CN(C)c1ccccc1NC(=O)NCC1(O)CCCC1. The summed E-state index contributed by atoms with van der Waals surface area (Å²) in [5, 5.41) is 15.8. The molecule has 1 aromatic carbocycles. The Morgan fingerprint density at radius 1 is 1.30 bits per heavy atom. The van der Waals surface area contributed by atoms with Crippen LogP contribution in [0.15, 0.2) is 24.3 Å². The predicted molar refractivity (Wildman–Crippen MR) is 81.2 cm³/mol. The highest BCUT2D eigenvalue weighted by molar-refractivity contribution is 5.93. The van der Waals surface area contributed by atoms with E-state index in [-0.39, 0.29) is 6.03 Å². The van der Waals surface area contributed by atoms with Gasteiger partial charge in [0.1, 0.15) is 0 Å². The Balaban J connectivity index is 1.91. The minimum Gasteiger partial charge on any atom is -0.388 e. The number of nitrogens with one attached hydrogen (secondary N) is 2. The summed E-state index contributed by atoms with van der Waals surface area (Å²) in [6.45, 7) is 0.308. The number of amides is 2. The van der Waals surface area contributed by atoms with Crippen molar-refractivity contribution in [2.24, 2.45) is 0 Å². The maximum atomic E-state index is 11.9. The lowest BCUT2D eigenvalue weighted by atomic mass is 10.0. The van der Waals surface area contributed by atoms with Crippen LogP contribution in [0.5, 0.6) is 0 Å². The predicted octanol–water partition coefficient (Wildman–Crippen LogP) is 2.18. The molecule has 0 spiro atoms. The highest BCUT2D eigenvalue weighted by atomic mass is 16.3. The number of benzene rings is 1. The van der Waals surface area contributed by atoms with E-state index in [0.29, 0.717) is 6.54 Å². The van der Waals surface area contributed by atoms with Gasteiger partial charge in [0.2, 0.25) is 0 Å². The van der Waals surface area contributed by atoms with E-state index in [2.05, 4.69) is 10.6 Å². The van der Waals surface area contributed by atoms with E-state index in [1.807, 2.05) is 43.3 Å². The number of para-hydroxylation sites is 2. The number of anilines is 2. The molecule has 2 rings (SSSR count). The van der Waals surface area contributed by atoms with Gasteiger partial charge >= 0.3 is 6.03 Å².